The summed E-state index contributed by atoms with van der Waals surface area (Å²) in [6.07, 6.45) is 9.00. The maximum atomic E-state index is 4.69. The minimum absolute atomic E-state index is 0.865. The number of benzene rings is 1. The molecular weight excluding hydrogens is 306 g/mol. The van der Waals surface area contributed by atoms with Crippen LogP contribution in [0, 0.1) is 11.8 Å². The van der Waals surface area contributed by atoms with Gasteiger partial charge in [0.1, 0.15) is 0 Å². The van der Waals surface area contributed by atoms with E-state index in [0.29, 0.717) is 0 Å². The van der Waals surface area contributed by atoms with Crippen molar-refractivity contribution in [2.24, 2.45) is 11.8 Å². The summed E-state index contributed by atoms with van der Waals surface area (Å²) in [6.45, 7) is 4.47. The Labute approximate surface area is 150 Å². The number of hydrogen-bond acceptors (Lipinski definition) is 2. The van der Waals surface area contributed by atoms with E-state index in [0.717, 1.165) is 23.9 Å². The number of para-hydroxylation sites is 1. The van der Waals surface area contributed by atoms with Crippen molar-refractivity contribution in [2.45, 2.75) is 45.6 Å². The van der Waals surface area contributed by atoms with Crippen LogP contribution in [0.25, 0.3) is 21.8 Å². The van der Waals surface area contributed by atoms with E-state index in [1.165, 1.54) is 60.6 Å². The predicted molar refractivity (Wildman–Crippen MR) is 106 cm³/mol. The SMILES string of the molecule is CCC1CCC(CN(C)Cc2cc3c(cn2)[nH]c2ccccc23)CC1. The number of H-pyrrole nitrogens is 1. The van der Waals surface area contributed by atoms with Crippen LogP contribution in [0.3, 0.4) is 0 Å². The van der Waals surface area contributed by atoms with E-state index in [2.05, 4.69) is 59.2 Å². The highest BCUT2D eigenvalue weighted by atomic mass is 15.1. The zero-order chi connectivity index (χ0) is 17.2. The Hall–Kier alpha value is -1.87. The average molecular weight is 335 g/mol. The minimum atomic E-state index is 0.865. The summed E-state index contributed by atoms with van der Waals surface area (Å²) in [5, 5.41) is 2.58. The minimum Gasteiger partial charge on any atom is -0.353 e. The number of aromatic amines is 1. The fraction of sp³-hybridized carbons (Fsp3) is 0.500. The van der Waals surface area contributed by atoms with Gasteiger partial charge in [-0.2, -0.15) is 0 Å². The zero-order valence-corrected chi connectivity index (χ0v) is 15.5. The number of pyridine rings is 1. The smallest absolute Gasteiger partial charge is 0.0651 e. The Kier molecular flexibility index (Phi) is 4.76. The topological polar surface area (TPSA) is 31.9 Å². The molecular formula is C22H29N3. The zero-order valence-electron chi connectivity index (χ0n) is 15.5. The molecule has 0 spiro atoms. The molecule has 1 aliphatic rings. The van der Waals surface area contributed by atoms with Gasteiger partial charge in [-0.25, -0.2) is 0 Å². The Bertz CT molecular complexity index is 843. The van der Waals surface area contributed by atoms with Crippen molar-refractivity contribution in [3.05, 3.63) is 42.2 Å². The molecule has 132 valence electrons. The second kappa shape index (κ2) is 7.17. The Morgan fingerprint density at radius 1 is 1.04 bits per heavy atom. The highest BCUT2D eigenvalue weighted by Gasteiger charge is 2.21. The fourth-order valence-electron chi connectivity index (χ4n) is 4.48. The molecule has 1 aromatic carbocycles. The summed E-state index contributed by atoms with van der Waals surface area (Å²) in [5.41, 5.74) is 3.49. The van der Waals surface area contributed by atoms with Gasteiger partial charge in [0.25, 0.3) is 0 Å². The molecule has 0 radical (unpaired) electrons. The summed E-state index contributed by atoms with van der Waals surface area (Å²) in [7, 11) is 2.24. The first-order chi connectivity index (χ1) is 12.2. The lowest BCUT2D eigenvalue weighted by Crippen LogP contribution is -2.28. The van der Waals surface area contributed by atoms with Gasteiger partial charge in [0.15, 0.2) is 0 Å². The van der Waals surface area contributed by atoms with Crippen molar-refractivity contribution >= 4 is 21.8 Å². The van der Waals surface area contributed by atoms with Crippen molar-refractivity contribution in [1.29, 1.82) is 0 Å². The van der Waals surface area contributed by atoms with Gasteiger partial charge in [-0.1, -0.05) is 44.4 Å². The molecule has 0 aliphatic heterocycles. The molecule has 25 heavy (non-hydrogen) atoms. The van der Waals surface area contributed by atoms with Crippen LogP contribution in [0.15, 0.2) is 36.5 Å². The number of rotatable bonds is 5. The van der Waals surface area contributed by atoms with E-state index in [1.807, 2.05) is 6.20 Å². The molecule has 0 atom stereocenters. The first kappa shape index (κ1) is 16.6. The van der Waals surface area contributed by atoms with Crippen LogP contribution < -0.4 is 0 Å². The first-order valence-corrected chi connectivity index (χ1v) is 9.77. The standard InChI is InChI=1S/C22H29N3/c1-3-16-8-10-17(11-9-16)14-25(2)15-18-12-20-19-6-4-5-7-21(19)24-22(20)13-23-18/h4-7,12-13,16-17,24H,3,8-11,14-15H2,1-2H3. The number of hydrogen-bond donors (Lipinski definition) is 1. The molecule has 1 fully saturated rings. The Morgan fingerprint density at radius 2 is 1.80 bits per heavy atom. The lowest BCUT2D eigenvalue weighted by atomic mass is 9.81. The summed E-state index contributed by atoms with van der Waals surface area (Å²) in [6, 6.07) is 10.8. The number of fused-ring (bicyclic) bond motifs is 3. The van der Waals surface area contributed by atoms with Crippen LogP contribution in [0.2, 0.25) is 0 Å². The van der Waals surface area contributed by atoms with Gasteiger partial charge >= 0.3 is 0 Å². The molecule has 1 saturated carbocycles. The van der Waals surface area contributed by atoms with Gasteiger partial charge < -0.3 is 9.88 Å². The van der Waals surface area contributed by atoms with Crippen LogP contribution in [-0.2, 0) is 6.54 Å². The second-order valence-corrected chi connectivity index (χ2v) is 7.88. The highest BCUT2D eigenvalue weighted by Crippen LogP contribution is 2.31. The second-order valence-electron chi connectivity index (χ2n) is 7.88. The van der Waals surface area contributed by atoms with Gasteiger partial charge in [0.2, 0.25) is 0 Å². The lowest BCUT2D eigenvalue weighted by Gasteiger charge is -2.30. The highest BCUT2D eigenvalue weighted by molar-refractivity contribution is 6.06. The summed E-state index contributed by atoms with van der Waals surface area (Å²) in [4.78, 5) is 10.6. The third kappa shape index (κ3) is 3.57. The van der Waals surface area contributed by atoms with Crippen LogP contribution in [0.4, 0.5) is 0 Å². The largest absolute Gasteiger partial charge is 0.353 e. The Balaban J connectivity index is 1.44. The molecule has 2 heterocycles. The first-order valence-electron chi connectivity index (χ1n) is 9.77. The predicted octanol–water partition coefficient (Wildman–Crippen LogP) is 5.36. The van der Waals surface area contributed by atoms with E-state index in [9.17, 15) is 0 Å². The van der Waals surface area contributed by atoms with E-state index in [1.54, 1.807) is 0 Å². The van der Waals surface area contributed by atoms with Crippen LogP contribution >= 0.6 is 0 Å². The van der Waals surface area contributed by atoms with E-state index < -0.39 is 0 Å². The molecule has 0 amide bonds. The number of nitrogens with one attached hydrogen (secondary N) is 1. The lowest BCUT2D eigenvalue weighted by molar-refractivity contribution is 0.196. The maximum Gasteiger partial charge on any atom is 0.0651 e. The summed E-state index contributed by atoms with van der Waals surface area (Å²) < 4.78 is 0. The van der Waals surface area contributed by atoms with E-state index in [4.69, 9.17) is 0 Å². The van der Waals surface area contributed by atoms with Gasteiger partial charge in [0, 0.05) is 29.4 Å². The van der Waals surface area contributed by atoms with Crippen molar-refractivity contribution in [3.8, 4) is 0 Å². The molecule has 2 aromatic heterocycles. The van der Waals surface area contributed by atoms with Crippen molar-refractivity contribution < 1.29 is 0 Å². The third-order valence-electron chi connectivity index (χ3n) is 5.99. The van der Waals surface area contributed by atoms with Gasteiger partial charge in [-0.3, -0.25) is 4.98 Å². The van der Waals surface area contributed by atoms with Crippen LogP contribution in [0.5, 0.6) is 0 Å². The number of nitrogens with zero attached hydrogens (tertiary/aromatic N) is 2. The average Bonchev–Trinajstić information content (AvgIpc) is 3.00. The molecule has 3 aromatic rings. The summed E-state index contributed by atoms with van der Waals surface area (Å²) >= 11 is 0. The number of aromatic nitrogens is 2. The molecule has 0 bridgehead atoms. The van der Waals surface area contributed by atoms with Crippen molar-refractivity contribution in [3.63, 3.8) is 0 Å². The Morgan fingerprint density at radius 3 is 2.60 bits per heavy atom. The summed E-state index contributed by atoms with van der Waals surface area (Å²) in [5.74, 6) is 1.84. The van der Waals surface area contributed by atoms with Gasteiger partial charge in [-0.15, -0.1) is 0 Å². The molecule has 3 heteroatoms. The fourth-order valence-corrected chi connectivity index (χ4v) is 4.48. The van der Waals surface area contributed by atoms with Crippen molar-refractivity contribution in [1.82, 2.24) is 14.9 Å². The van der Waals surface area contributed by atoms with Crippen LogP contribution in [0.1, 0.15) is 44.7 Å². The monoisotopic (exact) mass is 335 g/mol. The molecule has 0 saturated heterocycles. The molecule has 1 aliphatic carbocycles. The molecule has 1 N–H and O–H groups in total. The quantitative estimate of drug-likeness (QED) is 0.680. The third-order valence-corrected chi connectivity index (χ3v) is 5.99. The molecule has 0 unspecified atom stereocenters. The van der Waals surface area contributed by atoms with E-state index in [-0.39, 0.29) is 0 Å². The van der Waals surface area contributed by atoms with E-state index >= 15 is 0 Å². The molecule has 4 rings (SSSR count). The molecule has 3 nitrogen and oxygen atoms in total. The maximum absolute atomic E-state index is 4.69. The van der Waals surface area contributed by atoms with Gasteiger partial charge in [0.05, 0.1) is 17.4 Å². The van der Waals surface area contributed by atoms with Gasteiger partial charge in [-0.05, 0) is 43.9 Å². The normalized spacial score (nSPS) is 21.4. The van der Waals surface area contributed by atoms with Crippen LogP contribution in [-0.4, -0.2) is 28.5 Å². The van der Waals surface area contributed by atoms with Crippen molar-refractivity contribution in [2.75, 3.05) is 13.6 Å².